The molecule has 0 radical (unpaired) electrons. The van der Waals surface area contributed by atoms with E-state index in [0.717, 1.165) is 0 Å². The third-order valence-electron chi connectivity index (χ3n) is 4.96. The molecule has 0 amide bonds. The molecule has 6 nitrogen and oxygen atoms in total. The highest BCUT2D eigenvalue weighted by molar-refractivity contribution is 6.38. The minimum atomic E-state index is -1.06. The summed E-state index contributed by atoms with van der Waals surface area (Å²) in [4.78, 5) is 38.7. The zero-order valence-corrected chi connectivity index (χ0v) is 18.1. The Balaban J connectivity index is 1.71. The van der Waals surface area contributed by atoms with Gasteiger partial charge in [-0.15, -0.1) is 0 Å². The predicted molar refractivity (Wildman–Crippen MR) is 125 cm³/mol. The molecule has 0 atom stereocenters. The van der Waals surface area contributed by atoms with Crippen molar-refractivity contribution in [2.24, 2.45) is 0 Å². The van der Waals surface area contributed by atoms with Gasteiger partial charge in [0.05, 0.1) is 10.4 Å². The monoisotopic (exact) mass is 478 g/mol. The molecule has 0 saturated carbocycles. The predicted octanol–water partition coefficient (Wildman–Crippen LogP) is 6.09. The average molecular weight is 479 g/mol. The molecule has 0 aliphatic rings. The van der Waals surface area contributed by atoms with Crippen LogP contribution in [-0.4, -0.2) is 5.97 Å². The smallest absolute Gasteiger partial charge is 0.351 e. The van der Waals surface area contributed by atoms with Crippen LogP contribution in [0.25, 0.3) is 33.3 Å². The largest absolute Gasteiger partial charge is 0.450 e. The van der Waals surface area contributed by atoms with Crippen LogP contribution in [0.15, 0.2) is 91.2 Å². The number of benzene rings is 3. The topological polar surface area (TPSA) is 86.7 Å². The summed E-state index contributed by atoms with van der Waals surface area (Å²) < 4.78 is 16.6. The molecule has 3 aromatic carbocycles. The average Bonchev–Trinajstić information content (AvgIpc) is 2.81. The number of rotatable bonds is 3. The minimum absolute atomic E-state index is 0.0177. The van der Waals surface area contributed by atoms with Gasteiger partial charge in [-0.2, -0.15) is 0 Å². The van der Waals surface area contributed by atoms with Crippen molar-refractivity contribution in [2.75, 3.05) is 0 Å². The molecule has 0 bridgehead atoms. The lowest BCUT2D eigenvalue weighted by Crippen LogP contribution is -2.22. The molecule has 0 N–H and O–H groups in total. The lowest BCUT2D eigenvalue weighted by atomic mass is 10.1. The first-order chi connectivity index (χ1) is 15.9. The molecule has 162 valence electrons. The summed E-state index contributed by atoms with van der Waals surface area (Å²) in [6.45, 7) is 0. The molecule has 0 saturated heterocycles. The van der Waals surface area contributed by atoms with Crippen molar-refractivity contribution in [1.82, 2.24) is 0 Å². The summed E-state index contributed by atoms with van der Waals surface area (Å²) in [6, 6.07) is 19.5. The maximum Gasteiger partial charge on any atom is 0.351 e. The number of carbonyl (C=O) groups excluding carboxylic acids is 1. The Labute approximate surface area is 195 Å². The normalized spacial score (nSPS) is 11.1. The van der Waals surface area contributed by atoms with Gasteiger partial charge < -0.3 is 13.6 Å². The summed E-state index contributed by atoms with van der Waals surface area (Å²) in [5, 5.41) is 0.886. The van der Waals surface area contributed by atoms with Crippen molar-refractivity contribution in [2.45, 2.75) is 0 Å². The summed E-state index contributed by atoms with van der Waals surface area (Å²) in [5.74, 6) is -1.48. The highest BCUT2D eigenvalue weighted by Gasteiger charge is 2.24. The zero-order valence-electron chi connectivity index (χ0n) is 16.6. The van der Waals surface area contributed by atoms with Gasteiger partial charge in [0, 0.05) is 16.0 Å². The number of halogens is 2. The molecular formula is C25H12Cl2O6. The van der Waals surface area contributed by atoms with Crippen LogP contribution >= 0.6 is 23.2 Å². The van der Waals surface area contributed by atoms with E-state index in [2.05, 4.69) is 0 Å². The van der Waals surface area contributed by atoms with Crippen LogP contribution in [0.3, 0.4) is 0 Å². The van der Waals surface area contributed by atoms with Crippen LogP contribution in [0, 0.1) is 0 Å². The quantitative estimate of drug-likeness (QED) is 0.230. The van der Waals surface area contributed by atoms with E-state index in [9.17, 15) is 14.4 Å². The van der Waals surface area contributed by atoms with Gasteiger partial charge in [-0.1, -0.05) is 71.7 Å². The minimum Gasteiger partial charge on any atom is -0.450 e. The summed E-state index contributed by atoms with van der Waals surface area (Å²) in [7, 11) is 0. The second-order valence-corrected chi connectivity index (χ2v) is 7.94. The Morgan fingerprint density at radius 2 is 1.58 bits per heavy atom. The van der Waals surface area contributed by atoms with Gasteiger partial charge in [-0.05, 0) is 24.3 Å². The fraction of sp³-hybridized carbons (Fsp3) is 0. The highest BCUT2D eigenvalue weighted by atomic mass is 35.5. The number of esters is 1. The van der Waals surface area contributed by atoms with Crippen LogP contribution in [0.4, 0.5) is 0 Å². The van der Waals surface area contributed by atoms with Gasteiger partial charge in [-0.3, -0.25) is 4.79 Å². The second kappa shape index (κ2) is 8.24. The lowest BCUT2D eigenvalue weighted by Gasteiger charge is -2.11. The second-order valence-electron chi connectivity index (χ2n) is 7.09. The van der Waals surface area contributed by atoms with E-state index in [1.807, 2.05) is 0 Å². The van der Waals surface area contributed by atoms with Gasteiger partial charge in [0.25, 0.3) is 0 Å². The molecule has 8 heteroatoms. The van der Waals surface area contributed by atoms with Crippen molar-refractivity contribution in [1.29, 1.82) is 0 Å². The van der Waals surface area contributed by atoms with Crippen LogP contribution in [0.5, 0.6) is 5.75 Å². The molecule has 0 spiro atoms. The first kappa shape index (κ1) is 21.0. The molecule has 0 aliphatic carbocycles. The highest BCUT2D eigenvalue weighted by Crippen LogP contribution is 2.35. The van der Waals surface area contributed by atoms with Crippen LogP contribution in [-0.2, 0) is 0 Å². The van der Waals surface area contributed by atoms with Gasteiger partial charge in [0.2, 0.25) is 11.2 Å². The fourth-order valence-electron chi connectivity index (χ4n) is 3.43. The third-order valence-corrected chi connectivity index (χ3v) is 5.46. The van der Waals surface area contributed by atoms with Crippen LogP contribution in [0.1, 0.15) is 10.4 Å². The Morgan fingerprint density at radius 3 is 2.36 bits per heavy atom. The van der Waals surface area contributed by atoms with Crippen molar-refractivity contribution < 1.29 is 18.4 Å². The van der Waals surface area contributed by atoms with Gasteiger partial charge in [-0.25, -0.2) is 9.59 Å². The summed E-state index contributed by atoms with van der Waals surface area (Å²) in [5.41, 5.74) is -1.05. The molecule has 5 aromatic rings. The molecule has 5 rings (SSSR count). The van der Waals surface area contributed by atoms with E-state index in [-0.39, 0.29) is 32.3 Å². The Bertz CT molecular complexity index is 1670. The lowest BCUT2D eigenvalue weighted by molar-refractivity contribution is 0.0727. The van der Waals surface area contributed by atoms with E-state index < -0.39 is 22.8 Å². The van der Waals surface area contributed by atoms with Crippen molar-refractivity contribution in [3.63, 3.8) is 0 Å². The van der Waals surface area contributed by atoms with Crippen LogP contribution < -0.4 is 15.8 Å². The number of para-hydroxylation sites is 1. The SMILES string of the molecule is O=C(Oc1c(-c2ccccc2)oc2c(Cl)cc(Cl)cc2c1=O)c1cc2ccccc2oc1=O. The number of ether oxygens (including phenoxy) is 1. The van der Waals surface area contributed by atoms with Gasteiger partial charge >= 0.3 is 11.6 Å². The number of carbonyl (C=O) groups is 1. The standard InChI is InChI=1S/C25H12Cl2O6/c26-15-11-16-20(28)23(21(13-6-2-1-3-7-13)32-22(16)18(27)12-15)33-25(30)17-10-14-8-4-5-9-19(14)31-24(17)29/h1-12H. The molecule has 2 heterocycles. The first-order valence-corrected chi connectivity index (χ1v) is 10.4. The number of hydrogen-bond acceptors (Lipinski definition) is 6. The van der Waals surface area contributed by atoms with E-state index in [1.54, 1.807) is 54.6 Å². The molecule has 0 aliphatic heterocycles. The molecule has 2 aromatic heterocycles. The van der Waals surface area contributed by atoms with E-state index in [4.69, 9.17) is 36.8 Å². The Hall–Kier alpha value is -3.87. The van der Waals surface area contributed by atoms with E-state index in [0.29, 0.717) is 16.5 Å². The molecule has 0 fully saturated rings. The first-order valence-electron chi connectivity index (χ1n) is 9.69. The molecule has 0 unspecified atom stereocenters. The van der Waals surface area contributed by atoms with Crippen molar-refractivity contribution >= 4 is 51.1 Å². The maximum atomic E-state index is 13.3. The summed E-state index contributed by atoms with van der Waals surface area (Å²) in [6.07, 6.45) is 0. The maximum absolute atomic E-state index is 13.3. The number of fused-ring (bicyclic) bond motifs is 2. The van der Waals surface area contributed by atoms with Gasteiger partial charge in [0.15, 0.2) is 11.3 Å². The van der Waals surface area contributed by atoms with Crippen LogP contribution in [0.2, 0.25) is 10.0 Å². The van der Waals surface area contributed by atoms with Crippen molar-refractivity contribution in [3.8, 4) is 17.1 Å². The third kappa shape index (κ3) is 3.80. The Kier molecular flexibility index (Phi) is 5.24. The van der Waals surface area contributed by atoms with Crippen molar-refractivity contribution in [3.05, 3.63) is 109 Å². The number of hydrogen-bond donors (Lipinski definition) is 0. The Morgan fingerprint density at radius 1 is 0.848 bits per heavy atom. The zero-order chi connectivity index (χ0) is 23.1. The molecular weight excluding hydrogens is 467 g/mol. The van der Waals surface area contributed by atoms with Gasteiger partial charge in [0.1, 0.15) is 11.1 Å². The molecule has 33 heavy (non-hydrogen) atoms. The van der Waals surface area contributed by atoms with E-state index >= 15 is 0 Å². The fourth-order valence-corrected chi connectivity index (χ4v) is 3.96. The summed E-state index contributed by atoms with van der Waals surface area (Å²) >= 11 is 12.3. The van der Waals surface area contributed by atoms with E-state index in [1.165, 1.54) is 18.2 Å².